The molecule has 0 aliphatic carbocycles. The van der Waals surface area contributed by atoms with Crippen LogP contribution in [0.5, 0.6) is 0 Å². The third-order valence-electron chi connectivity index (χ3n) is 4.42. The van der Waals surface area contributed by atoms with E-state index in [2.05, 4.69) is 11.1 Å². The molecule has 0 N–H and O–H groups in total. The van der Waals surface area contributed by atoms with E-state index in [0.29, 0.717) is 10.7 Å². The van der Waals surface area contributed by atoms with Crippen LogP contribution in [0.25, 0.3) is 10.2 Å². The molecule has 2 heterocycles. The smallest absolute Gasteiger partial charge is 0.260 e. The Morgan fingerprint density at radius 1 is 1.11 bits per heavy atom. The van der Waals surface area contributed by atoms with Crippen LogP contribution in [0, 0.1) is 19.7 Å². The van der Waals surface area contributed by atoms with Gasteiger partial charge in [-0.05, 0) is 67.4 Å². The fraction of sp³-hybridized carbons (Fsp3) is 0.136. The number of amides is 1. The molecular formula is C22H18FN3OS. The second-order valence-corrected chi connectivity index (χ2v) is 7.62. The van der Waals surface area contributed by atoms with Gasteiger partial charge in [0.1, 0.15) is 5.82 Å². The van der Waals surface area contributed by atoms with Crippen molar-refractivity contribution < 1.29 is 9.18 Å². The first-order valence-electron chi connectivity index (χ1n) is 8.86. The molecule has 4 rings (SSSR count). The van der Waals surface area contributed by atoms with E-state index in [-0.39, 0.29) is 18.3 Å². The lowest BCUT2D eigenvalue weighted by Crippen LogP contribution is -2.30. The van der Waals surface area contributed by atoms with Gasteiger partial charge in [0.2, 0.25) is 0 Å². The lowest BCUT2D eigenvalue weighted by atomic mass is 10.1. The van der Waals surface area contributed by atoms with E-state index >= 15 is 0 Å². The summed E-state index contributed by atoms with van der Waals surface area (Å²) in [5, 5.41) is 0.601. The number of pyridine rings is 1. The topological polar surface area (TPSA) is 46.1 Å². The second kappa shape index (κ2) is 7.48. The first kappa shape index (κ1) is 18.3. The minimum absolute atomic E-state index is 0.237. The number of thiazole rings is 1. The summed E-state index contributed by atoms with van der Waals surface area (Å²) in [7, 11) is 0. The summed E-state index contributed by atoms with van der Waals surface area (Å²) in [6.45, 7) is 4.36. The molecule has 2 aromatic heterocycles. The van der Waals surface area contributed by atoms with Crippen molar-refractivity contribution >= 4 is 32.6 Å². The second-order valence-electron chi connectivity index (χ2n) is 6.65. The van der Waals surface area contributed by atoms with E-state index in [1.807, 2.05) is 38.1 Å². The van der Waals surface area contributed by atoms with Gasteiger partial charge in [-0.1, -0.05) is 23.5 Å². The highest BCUT2D eigenvalue weighted by atomic mass is 32.1. The van der Waals surface area contributed by atoms with Crippen LogP contribution >= 0.6 is 11.3 Å². The molecule has 0 fully saturated rings. The fourth-order valence-electron chi connectivity index (χ4n) is 3.11. The highest BCUT2D eigenvalue weighted by Crippen LogP contribution is 2.33. The largest absolute Gasteiger partial charge is 0.278 e. The van der Waals surface area contributed by atoms with Gasteiger partial charge in [0.25, 0.3) is 5.91 Å². The van der Waals surface area contributed by atoms with E-state index in [4.69, 9.17) is 4.98 Å². The Balaban J connectivity index is 1.79. The Labute approximate surface area is 166 Å². The molecule has 140 valence electrons. The highest BCUT2D eigenvalue weighted by Gasteiger charge is 2.22. The van der Waals surface area contributed by atoms with Crippen LogP contribution < -0.4 is 4.90 Å². The number of carbonyl (C=O) groups is 1. The molecule has 2 aromatic carbocycles. The van der Waals surface area contributed by atoms with E-state index in [0.717, 1.165) is 27.0 Å². The molecule has 0 unspecified atom stereocenters. The summed E-state index contributed by atoms with van der Waals surface area (Å²) in [5.41, 5.74) is 4.29. The first-order chi connectivity index (χ1) is 13.5. The number of hydrogen-bond acceptors (Lipinski definition) is 4. The number of fused-ring (bicyclic) bond motifs is 1. The Morgan fingerprint density at radius 3 is 2.61 bits per heavy atom. The van der Waals surface area contributed by atoms with Gasteiger partial charge in [0.05, 0.1) is 22.5 Å². The standard InChI is InChI=1S/C22H18FN3OS/c1-14-11-15(2)20-19(12-14)25-22(28-20)26(13-18-5-3-4-10-24-18)21(27)16-6-8-17(23)9-7-16/h3-12H,13H2,1-2H3. The minimum atomic E-state index is -0.376. The van der Waals surface area contributed by atoms with Gasteiger partial charge in [0.15, 0.2) is 5.13 Å². The summed E-state index contributed by atoms with van der Waals surface area (Å²) < 4.78 is 14.4. The lowest BCUT2D eigenvalue weighted by molar-refractivity contribution is 0.0985. The van der Waals surface area contributed by atoms with E-state index in [1.165, 1.54) is 35.6 Å². The summed E-state index contributed by atoms with van der Waals surface area (Å²) in [6, 6.07) is 15.3. The summed E-state index contributed by atoms with van der Waals surface area (Å²) >= 11 is 1.48. The average molecular weight is 391 g/mol. The van der Waals surface area contributed by atoms with Gasteiger partial charge in [-0.2, -0.15) is 0 Å². The Morgan fingerprint density at radius 2 is 1.89 bits per heavy atom. The maximum absolute atomic E-state index is 13.3. The summed E-state index contributed by atoms with van der Waals surface area (Å²) in [4.78, 5) is 23.9. The van der Waals surface area contributed by atoms with Crippen molar-refractivity contribution in [1.29, 1.82) is 0 Å². The zero-order chi connectivity index (χ0) is 19.7. The van der Waals surface area contributed by atoms with Gasteiger partial charge in [-0.15, -0.1) is 0 Å². The molecule has 0 aliphatic heterocycles. The summed E-state index contributed by atoms with van der Waals surface area (Å²) in [6.07, 6.45) is 1.70. The molecule has 0 bridgehead atoms. The van der Waals surface area contributed by atoms with E-state index in [9.17, 15) is 9.18 Å². The molecule has 1 amide bonds. The number of hydrogen-bond donors (Lipinski definition) is 0. The van der Waals surface area contributed by atoms with Crippen LogP contribution in [-0.2, 0) is 6.54 Å². The predicted octanol–water partition coefficient (Wildman–Crippen LogP) is 5.29. The first-order valence-corrected chi connectivity index (χ1v) is 9.68. The number of rotatable bonds is 4. The average Bonchev–Trinajstić information content (AvgIpc) is 3.11. The zero-order valence-electron chi connectivity index (χ0n) is 15.5. The van der Waals surface area contributed by atoms with Crippen molar-refractivity contribution in [2.45, 2.75) is 20.4 Å². The van der Waals surface area contributed by atoms with Gasteiger partial charge in [-0.3, -0.25) is 14.7 Å². The maximum atomic E-state index is 13.3. The number of aryl methyl sites for hydroxylation is 2. The van der Waals surface area contributed by atoms with E-state index in [1.54, 1.807) is 11.1 Å². The summed E-state index contributed by atoms with van der Waals surface area (Å²) in [5.74, 6) is -0.613. The Hall–Kier alpha value is -3.12. The van der Waals surface area contributed by atoms with Crippen LogP contribution in [0.4, 0.5) is 9.52 Å². The van der Waals surface area contributed by atoms with Crippen molar-refractivity contribution in [3.8, 4) is 0 Å². The molecule has 0 saturated carbocycles. The van der Waals surface area contributed by atoms with Gasteiger partial charge < -0.3 is 0 Å². The van der Waals surface area contributed by atoms with Gasteiger partial charge >= 0.3 is 0 Å². The number of anilines is 1. The predicted molar refractivity (Wildman–Crippen MR) is 110 cm³/mol. The van der Waals surface area contributed by atoms with Gasteiger partial charge in [0, 0.05) is 11.8 Å². The van der Waals surface area contributed by atoms with Crippen LogP contribution in [0.1, 0.15) is 27.2 Å². The van der Waals surface area contributed by atoms with Crippen LogP contribution in [0.15, 0.2) is 60.8 Å². The van der Waals surface area contributed by atoms with Gasteiger partial charge in [-0.25, -0.2) is 9.37 Å². The number of benzene rings is 2. The molecule has 4 nitrogen and oxygen atoms in total. The Kier molecular flexibility index (Phi) is 4.88. The third kappa shape index (κ3) is 3.64. The number of nitrogens with zero attached hydrogens (tertiary/aromatic N) is 3. The number of halogens is 1. The van der Waals surface area contributed by atoms with Crippen molar-refractivity contribution in [2.75, 3.05) is 4.90 Å². The normalized spacial score (nSPS) is 11.0. The fourth-order valence-corrected chi connectivity index (χ4v) is 4.12. The van der Waals surface area contributed by atoms with Crippen LogP contribution in [0.3, 0.4) is 0 Å². The minimum Gasteiger partial charge on any atom is -0.278 e. The van der Waals surface area contributed by atoms with Crippen molar-refractivity contribution in [3.05, 3.63) is 89.0 Å². The highest BCUT2D eigenvalue weighted by molar-refractivity contribution is 7.22. The monoisotopic (exact) mass is 391 g/mol. The Bertz CT molecular complexity index is 1140. The molecule has 0 radical (unpaired) electrons. The lowest BCUT2D eigenvalue weighted by Gasteiger charge is -2.19. The number of aromatic nitrogens is 2. The van der Waals surface area contributed by atoms with Crippen LogP contribution in [0.2, 0.25) is 0 Å². The molecule has 0 aliphatic rings. The molecule has 6 heteroatoms. The zero-order valence-corrected chi connectivity index (χ0v) is 16.3. The van der Waals surface area contributed by atoms with Crippen molar-refractivity contribution in [3.63, 3.8) is 0 Å². The third-order valence-corrected chi connectivity index (χ3v) is 5.65. The van der Waals surface area contributed by atoms with E-state index < -0.39 is 0 Å². The molecule has 0 spiro atoms. The molecule has 4 aromatic rings. The molecular weight excluding hydrogens is 373 g/mol. The molecule has 0 atom stereocenters. The van der Waals surface area contributed by atoms with Crippen molar-refractivity contribution in [2.24, 2.45) is 0 Å². The SMILES string of the molecule is Cc1cc(C)c2sc(N(Cc3ccccn3)C(=O)c3ccc(F)cc3)nc2c1. The molecule has 28 heavy (non-hydrogen) atoms. The molecule has 0 saturated heterocycles. The van der Waals surface area contributed by atoms with Crippen LogP contribution in [-0.4, -0.2) is 15.9 Å². The quantitative estimate of drug-likeness (QED) is 0.475. The maximum Gasteiger partial charge on any atom is 0.260 e. The number of carbonyl (C=O) groups excluding carboxylic acids is 1. The van der Waals surface area contributed by atoms with Crippen molar-refractivity contribution in [1.82, 2.24) is 9.97 Å².